The van der Waals surface area contributed by atoms with Gasteiger partial charge in [-0.2, -0.15) is 0 Å². The van der Waals surface area contributed by atoms with Gasteiger partial charge in [0, 0.05) is 0 Å². The first-order valence-corrected chi connectivity index (χ1v) is 44.4. The Morgan fingerprint density at radius 2 is 1.36 bits per heavy atom. The number of benzene rings is 1. The van der Waals surface area contributed by atoms with Crippen molar-refractivity contribution in [1.29, 1.82) is 0 Å². The maximum absolute atomic E-state index is 12.0. The van der Waals surface area contributed by atoms with Crippen LogP contribution < -0.4 is 0 Å². The SMILES string of the molecule is [O]=[Hg]([Cl])([Cl])([Cl])([Cl])([Cl])[CH2]c1ccccc1. The molecule has 0 fully saturated rings. The van der Waals surface area contributed by atoms with Gasteiger partial charge in [0.2, 0.25) is 0 Å². The monoisotopic (exact) mass is 484 g/mol. The Bertz CT molecular complexity index is 446. The first-order valence-electron chi connectivity index (χ1n) is 4.39. The van der Waals surface area contributed by atoms with Gasteiger partial charge in [0.05, 0.1) is 0 Å². The first-order chi connectivity index (χ1) is 5.76. The van der Waals surface area contributed by atoms with Crippen LogP contribution in [0.2, 0.25) is 0 Å². The van der Waals surface area contributed by atoms with E-state index in [2.05, 4.69) is 0 Å². The fourth-order valence-electron chi connectivity index (χ4n) is 1.31. The Labute approximate surface area is 93.1 Å². The summed E-state index contributed by atoms with van der Waals surface area (Å²) in [5.74, 6) is 0. The molecule has 0 aromatic heterocycles. The molecule has 0 aliphatic heterocycles. The Balaban J connectivity index is 3.23. The van der Waals surface area contributed by atoms with E-state index in [4.69, 9.17) is 41.2 Å². The molecule has 0 aliphatic rings. The molecule has 0 radical (unpaired) electrons. The molecule has 1 nitrogen and oxygen atoms in total. The molecule has 1 rings (SSSR count). The van der Waals surface area contributed by atoms with Crippen molar-refractivity contribution < 1.29 is 13.3 Å². The molecule has 0 amide bonds. The molecular formula is C7H7Cl5HgO. The van der Waals surface area contributed by atoms with Gasteiger partial charge in [-0.3, -0.25) is 0 Å². The van der Waals surface area contributed by atoms with Gasteiger partial charge >= 0.3 is 94.4 Å². The predicted molar refractivity (Wildman–Crippen MR) is 60.1 cm³/mol. The van der Waals surface area contributed by atoms with E-state index in [1.54, 1.807) is 30.3 Å². The van der Waals surface area contributed by atoms with Crippen LogP contribution in [0.15, 0.2) is 30.3 Å². The Morgan fingerprint density at radius 1 is 0.929 bits per heavy atom. The van der Waals surface area contributed by atoms with Crippen LogP contribution in [0.4, 0.5) is 0 Å². The summed E-state index contributed by atoms with van der Waals surface area (Å²) in [6.07, 6.45) is 0. The van der Waals surface area contributed by atoms with Crippen LogP contribution in [0.5, 0.6) is 0 Å². The third-order valence-electron chi connectivity index (χ3n) is 1.71. The Hall–Kier alpha value is 1.41. The van der Waals surface area contributed by atoms with Gasteiger partial charge in [-0.25, -0.2) is 0 Å². The van der Waals surface area contributed by atoms with Crippen molar-refractivity contribution in [3.8, 4) is 0 Å². The molecule has 0 N–H and O–H groups in total. The summed E-state index contributed by atoms with van der Waals surface area (Å²) in [6.45, 7) is 0. The number of rotatable bonds is 2. The van der Waals surface area contributed by atoms with Crippen molar-refractivity contribution in [3.05, 3.63) is 35.9 Å². The summed E-state index contributed by atoms with van der Waals surface area (Å²) < 4.78 is 11.6. The van der Waals surface area contributed by atoms with Crippen LogP contribution in [0, 0.1) is 0 Å². The summed E-state index contributed by atoms with van der Waals surface area (Å²) in [5.41, 5.74) is 0.515. The second-order valence-electron chi connectivity index (χ2n) is 4.44. The molecule has 78 valence electrons. The Kier molecular flexibility index (Phi) is 2.53. The molecule has 0 saturated carbocycles. The molecule has 0 aliphatic carbocycles. The van der Waals surface area contributed by atoms with E-state index in [0.29, 0.717) is 5.56 Å². The van der Waals surface area contributed by atoms with E-state index in [1.165, 1.54) is 0 Å². The first kappa shape index (κ1) is 13.5. The molecule has 0 bridgehead atoms. The van der Waals surface area contributed by atoms with Crippen molar-refractivity contribution in [2.75, 3.05) is 0 Å². The average Bonchev–Trinajstić information content (AvgIpc) is 1.80. The van der Waals surface area contributed by atoms with E-state index in [1.807, 2.05) is 0 Å². The topological polar surface area (TPSA) is 17.1 Å². The second-order valence-corrected chi connectivity index (χ2v) is 124. The van der Waals surface area contributed by atoms with Gasteiger partial charge in [0.1, 0.15) is 0 Å². The fourth-order valence-corrected chi connectivity index (χ4v) is 17.3. The summed E-state index contributed by atoms with van der Waals surface area (Å²) >= 11 is 0. The standard InChI is InChI=1S/C7H7.5ClH.Hg.O/c1-7-5-3-2-4-6-7;;;;;;;/h2-6H,1H2;5*1H;;/q;;;;;;+5;/p-5. The maximum atomic E-state index is 12.0. The van der Waals surface area contributed by atoms with Crippen LogP contribution in [0.1, 0.15) is 5.56 Å². The van der Waals surface area contributed by atoms with E-state index in [9.17, 15) is 2.64 Å². The van der Waals surface area contributed by atoms with Gasteiger partial charge in [-0.15, -0.1) is 0 Å². The predicted octanol–water partition coefficient (Wildman–Crippen LogP) is 5.06. The minimum absolute atomic E-state index is 0.466. The zero-order valence-corrected chi connectivity index (χ0v) is 16.4. The van der Waals surface area contributed by atoms with E-state index < -0.39 is 14.6 Å². The quantitative estimate of drug-likeness (QED) is 0.536. The third-order valence-corrected chi connectivity index (χ3v) is 16.7. The van der Waals surface area contributed by atoms with Crippen LogP contribution in [-0.4, -0.2) is 0 Å². The average molecular weight is 485 g/mol. The van der Waals surface area contributed by atoms with Gasteiger partial charge < -0.3 is 0 Å². The normalized spacial score (nSPS) is 16.7. The number of hydrogen-bond donors (Lipinski definition) is 0. The second kappa shape index (κ2) is 2.62. The van der Waals surface area contributed by atoms with Crippen LogP contribution >= 0.6 is 41.2 Å². The van der Waals surface area contributed by atoms with Crippen LogP contribution in [-0.2, 0) is 17.3 Å². The molecule has 1 aromatic carbocycles. The summed E-state index contributed by atoms with van der Waals surface area (Å²) in [6, 6.07) is 8.45. The molecule has 0 heterocycles. The number of halogens is 5. The van der Waals surface area contributed by atoms with E-state index in [0.717, 1.165) is 0 Å². The summed E-state index contributed by atoms with van der Waals surface area (Å²) in [5, 5.41) is 0. The van der Waals surface area contributed by atoms with Crippen molar-refractivity contribution in [1.82, 2.24) is 0 Å². The minimum atomic E-state index is -7.37. The molecule has 0 atom stereocenters. The zero-order chi connectivity index (χ0) is 11.2. The zero-order valence-electron chi connectivity index (χ0n) is 7.10. The van der Waals surface area contributed by atoms with Gasteiger partial charge in [0.15, 0.2) is 0 Å². The molecule has 7 heteroatoms. The van der Waals surface area contributed by atoms with Crippen LogP contribution in [0.25, 0.3) is 0 Å². The van der Waals surface area contributed by atoms with Crippen molar-refractivity contribution in [3.63, 3.8) is 0 Å². The third kappa shape index (κ3) is 6.81. The molecule has 14 heavy (non-hydrogen) atoms. The molecule has 1 aromatic rings. The summed E-state index contributed by atoms with van der Waals surface area (Å²) in [4.78, 5) is 0. The molecule has 0 saturated heterocycles. The molecule has 0 unspecified atom stereocenters. The van der Waals surface area contributed by atoms with Crippen molar-refractivity contribution in [2.24, 2.45) is 0 Å². The Morgan fingerprint density at radius 3 is 1.71 bits per heavy atom. The fraction of sp³-hybridized carbons (Fsp3) is 0.143. The van der Waals surface area contributed by atoms with Gasteiger partial charge in [-0.05, 0) is 0 Å². The number of hydrogen-bond acceptors (Lipinski definition) is 1. The molecule has 0 spiro atoms. The van der Waals surface area contributed by atoms with Gasteiger partial charge in [0.25, 0.3) is 0 Å². The summed E-state index contributed by atoms with van der Waals surface area (Å²) in [7, 11) is 20.4. The van der Waals surface area contributed by atoms with E-state index in [-0.39, 0.29) is 0 Å². The van der Waals surface area contributed by atoms with E-state index >= 15 is 0 Å². The van der Waals surface area contributed by atoms with Gasteiger partial charge in [-0.1, -0.05) is 0 Å². The molecular weight excluding hydrogens is 478 g/mol. The van der Waals surface area contributed by atoms with Crippen molar-refractivity contribution >= 4 is 41.2 Å². The van der Waals surface area contributed by atoms with Crippen LogP contribution in [0.3, 0.4) is 0 Å². The van der Waals surface area contributed by atoms with Crippen molar-refractivity contribution in [2.45, 2.75) is 3.93 Å².